The minimum absolute atomic E-state index is 0.0382. The summed E-state index contributed by atoms with van der Waals surface area (Å²) in [5, 5.41) is 2.64. The summed E-state index contributed by atoms with van der Waals surface area (Å²) in [5.41, 5.74) is 0. The Balaban J connectivity index is 4.24. The van der Waals surface area contributed by atoms with Crippen LogP contribution >= 0.6 is 0 Å². The molecule has 0 radical (unpaired) electrons. The first kappa shape index (κ1) is 42.2. The van der Waals surface area contributed by atoms with Crippen molar-refractivity contribution in [2.75, 3.05) is 40.4 Å². The van der Waals surface area contributed by atoms with E-state index in [1.54, 1.807) is 0 Å². The Morgan fingerprint density at radius 3 is 1.41 bits per heavy atom. The van der Waals surface area contributed by atoms with E-state index in [1.807, 2.05) is 19.0 Å². The van der Waals surface area contributed by atoms with Crippen LogP contribution < -0.4 is 5.32 Å². The van der Waals surface area contributed by atoms with Crippen LogP contribution in [-0.2, 0) is 23.8 Å². The monoisotopic (exact) mass is 627 g/mol. The van der Waals surface area contributed by atoms with E-state index in [9.17, 15) is 14.4 Å². The molecular formula is C36H70N2O6. The maximum atomic E-state index is 12.5. The summed E-state index contributed by atoms with van der Waals surface area (Å²) in [5.74, 6) is -0.615. The lowest BCUT2D eigenvalue weighted by Gasteiger charge is -2.19. The second kappa shape index (κ2) is 32.6. The van der Waals surface area contributed by atoms with E-state index in [-0.39, 0.29) is 31.7 Å². The van der Waals surface area contributed by atoms with Gasteiger partial charge in [0.25, 0.3) is 0 Å². The Hall–Kier alpha value is -1.83. The molecule has 0 spiro atoms. The van der Waals surface area contributed by atoms with Crippen molar-refractivity contribution in [1.29, 1.82) is 0 Å². The molecule has 0 saturated heterocycles. The van der Waals surface area contributed by atoms with Crippen LogP contribution in [0.2, 0.25) is 0 Å². The predicted molar refractivity (Wildman–Crippen MR) is 181 cm³/mol. The highest BCUT2D eigenvalue weighted by Gasteiger charge is 2.18. The molecule has 8 heteroatoms. The van der Waals surface area contributed by atoms with Crippen LogP contribution in [0.4, 0.5) is 4.79 Å². The van der Waals surface area contributed by atoms with Crippen molar-refractivity contribution in [3.8, 4) is 0 Å². The molecule has 0 fully saturated rings. The van der Waals surface area contributed by atoms with Gasteiger partial charge in [-0.25, -0.2) is 4.79 Å². The van der Waals surface area contributed by atoms with Gasteiger partial charge in [-0.3, -0.25) is 9.59 Å². The standard InChI is InChI=1S/C36H70N2O6/c1-5-7-9-11-13-15-17-19-21-23-25-27-34(39)43-32-33(31-37-36(41)42-30-29-38(3)4)44-35(40)28-26-24-22-20-18-16-14-12-10-8-6-2/h33H,5-32H2,1-4H3,(H,37,41). The van der Waals surface area contributed by atoms with Gasteiger partial charge in [-0.05, 0) is 26.9 Å². The van der Waals surface area contributed by atoms with E-state index in [1.165, 1.54) is 103 Å². The van der Waals surface area contributed by atoms with E-state index in [2.05, 4.69) is 19.2 Å². The molecule has 0 aliphatic carbocycles. The number of nitrogens with zero attached hydrogens (tertiary/aromatic N) is 1. The van der Waals surface area contributed by atoms with Crippen LogP contribution in [0.15, 0.2) is 0 Å². The summed E-state index contributed by atoms with van der Waals surface area (Å²) < 4.78 is 16.2. The summed E-state index contributed by atoms with van der Waals surface area (Å²) >= 11 is 0. The summed E-state index contributed by atoms with van der Waals surface area (Å²) in [6.07, 6.45) is 26.1. The number of hydrogen-bond donors (Lipinski definition) is 1. The zero-order valence-electron chi connectivity index (χ0n) is 29.3. The first-order valence-electron chi connectivity index (χ1n) is 18.3. The van der Waals surface area contributed by atoms with Crippen LogP contribution in [-0.4, -0.2) is 69.4 Å². The van der Waals surface area contributed by atoms with Gasteiger partial charge in [0, 0.05) is 19.4 Å². The first-order chi connectivity index (χ1) is 21.4. The predicted octanol–water partition coefficient (Wildman–Crippen LogP) is 9.13. The summed E-state index contributed by atoms with van der Waals surface area (Å²) in [7, 11) is 3.80. The van der Waals surface area contributed by atoms with Crippen molar-refractivity contribution in [2.45, 2.75) is 174 Å². The number of likely N-dealkylation sites (N-methyl/N-ethyl adjacent to an activating group) is 1. The van der Waals surface area contributed by atoms with Crippen molar-refractivity contribution >= 4 is 18.0 Å². The van der Waals surface area contributed by atoms with Crippen LogP contribution in [0.3, 0.4) is 0 Å². The van der Waals surface area contributed by atoms with E-state index < -0.39 is 12.2 Å². The normalized spacial score (nSPS) is 11.8. The second-order valence-electron chi connectivity index (χ2n) is 12.7. The molecular weight excluding hydrogens is 556 g/mol. The number of carbonyl (C=O) groups excluding carboxylic acids is 3. The zero-order chi connectivity index (χ0) is 32.5. The minimum Gasteiger partial charge on any atom is -0.462 e. The van der Waals surface area contributed by atoms with Crippen LogP contribution in [0.5, 0.6) is 0 Å². The molecule has 44 heavy (non-hydrogen) atoms. The van der Waals surface area contributed by atoms with Crippen molar-refractivity contribution in [2.24, 2.45) is 0 Å². The van der Waals surface area contributed by atoms with Crippen LogP contribution in [0, 0.1) is 0 Å². The Morgan fingerprint density at radius 1 is 0.568 bits per heavy atom. The molecule has 1 amide bonds. The van der Waals surface area contributed by atoms with Crippen LogP contribution in [0.25, 0.3) is 0 Å². The second-order valence-corrected chi connectivity index (χ2v) is 12.7. The first-order valence-corrected chi connectivity index (χ1v) is 18.3. The van der Waals surface area contributed by atoms with Gasteiger partial charge in [0.05, 0.1) is 6.54 Å². The fourth-order valence-corrected chi connectivity index (χ4v) is 5.07. The molecule has 0 aromatic heterocycles. The van der Waals surface area contributed by atoms with Gasteiger partial charge < -0.3 is 24.4 Å². The number of alkyl carbamates (subject to hydrolysis) is 1. The molecule has 0 rings (SSSR count). The lowest BCUT2D eigenvalue weighted by atomic mass is 10.1. The van der Waals surface area contributed by atoms with Gasteiger partial charge in [-0.2, -0.15) is 0 Å². The number of esters is 2. The summed E-state index contributed by atoms with van der Waals surface area (Å²) in [4.78, 5) is 38.8. The molecule has 260 valence electrons. The Bertz CT molecular complexity index is 673. The highest BCUT2D eigenvalue weighted by atomic mass is 16.6. The average molecular weight is 627 g/mol. The summed E-state index contributed by atoms with van der Waals surface area (Å²) in [6, 6.07) is 0. The maximum absolute atomic E-state index is 12.5. The SMILES string of the molecule is CCCCCCCCCCCCCC(=O)OCC(CNC(=O)OCCN(C)C)OC(=O)CCCCCCCCCCCCC. The number of amides is 1. The van der Waals surface area contributed by atoms with E-state index in [4.69, 9.17) is 14.2 Å². The molecule has 1 unspecified atom stereocenters. The highest BCUT2D eigenvalue weighted by Crippen LogP contribution is 2.14. The molecule has 1 atom stereocenters. The minimum atomic E-state index is -0.738. The topological polar surface area (TPSA) is 94.2 Å². The van der Waals surface area contributed by atoms with Gasteiger partial charge in [0.2, 0.25) is 0 Å². The molecule has 0 aliphatic rings. The van der Waals surface area contributed by atoms with Gasteiger partial charge in [-0.15, -0.1) is 0 Å². The number of unbranched alkanes of at least 4 members (excludes halogenated alkanes) is 20. The Morgan fingerprint density at radius 2 is 0.977 bits per heavy atom. The lowest BCUT2D eigenvalue weighted by molar-refractivity contribution is -0.158. The molecule has 0 aromatic carbocycles. The third-order valence-corrected chi connectivity index (χ3v) is 7.94. The number of nitrogens with one attached hydrogen (secondary N) is 1. The molecule has 0 heterocycles. The third kappa shape index (κ3) is 31.6. The average Bonchev–Trinajstić information content (AvgIpc) is 2.99. The highest BCUT2D eigenvalue weighted by molar-refractivity contribution is 5.70. The molecule has 8 nitrogen and oxygen atoms in total. The number of rotatable bonds is 32. The van der Waals surface area contributed by atoms with Crippen LogP contribution in [0.1, 0.15) is 168 Å². The Kier molecular flexibility index (Phi) is 31.2. The van der Waals surface area contributed by atoms with E-state index in [0.717, 1.165) is 38.5 Å². The van der Waals surface area contributed by atoms with E-state index in [0.29, 0.717) is 19.4 Å². The van der Waals surface area contributed by atoms with E-state index >= 15 is 0 Å². The van der Waals surface area contributed by atoms with Crippen molar-refractivity contribution < 1.29 is 28.6 Å². The molecule has 0 bridgehead atoms. The third-order valence-electron chi connectivity index (χ3n) is 7.94. The molecule has 0 aromatic rings. The Labute approximate surface area is 271 Å². The fourth-order valence-electron chi connectivity index (χ4n) is 5.07. The number of carbonyl (C=O) groups is 3. The van der Waals surface area contributed by atoms with Gasteiger partial charge in [0.15, 0.2) is 6.10 Å². The number of ether oxygens (including phenoxy) is 3. The quantitative estimate of drug-likeness (QED) is 0.0452. The zero-order valence-corrected chi connectivity index (χ0v) is 29.3. The van der Waals surface area contributed by atoms with Gasteiger partial charge in [-0.1, -0.05) is 142 Å². The van der Waals surface area contributed by atoms with Gasteiger partial charge in [0.1, 0.15) is 13.2 Å². The smallest absolute Gasteiger partial charge is 0.407 e. The van der Waals surface area contributed by atoms with Gasteiger partial charge >= 0.3 is 18.0 Å². The molecule has 1 N–H and O–H groups in total. The maximum Gasteiger partial charge on any atom is 0.407 e. The van der Waals surface area contributed by atoms with Crippen molar-refractivity contribution in [1.82, 2.24) is 10.2 Å². The van der Waals surface area contributed by atoms with Crippen molar-refractivity contribution in [3.05, 3.63) is 0 Å². The van der Waals surface area contributed by atoms with Crippen molar-refractivity contribution in [3.63, 3.8) is 0 Å². The largest absolute Gasteiger partial charge is 0.462 e. The summed E-state index contributed by atoms with van der Waals surface area (Å²) in [6.45, 7) is 5.33. The number of hydrogen-bond acceptors (Lipinski definition) is 7. The molecule has 0 saturated carbocycles. The molecule has 0 aliphatic heterocycles. The fraction of sp³-hybridized carbons (Fsp3) is 0.917. The lowest BCUT2D eigenvalue weighted by Crippen LogP contribution is -2.39.